The van der Waals surface area contributed by atoms with Crippen molar-refractivity contribution in [2.45, 2.75) is 13.0 Å². The maximum atomic E-state index is 14.0. The third-order valence-corrected chi connectivity index (χ3v) is 5.72. The highest BCUT2D eigenvalue weighted by Crippen LogP contribution is 2.43. The number of halogens is 2. The first-order valence-corrected chi connectivity index (χ1v) is 10.0. The van der Waals surface area contributed by atoms with Crippen LogP contribution in [0.25, 0.3) is 5.76 Å². The highest BCUT2D eigenvalue weighted by molar-refractivity contribution is 6.51. The number of benzene rings is 2. The zero-order valence-corrected chi connectivity index (χ0v) is 17.9. The van der Waals surface area contributed by atoms with E-state index in [4.69, 9.17) is 16.3 Å². The van der Waals surface area contributed by atoms with Crippen LogP contribution in [0.2, 0.25) is 5.02 Å². The van der Waals surface area contributed by atoms with E-state index in [2.05, 4.69) is 4.98 Å². The van der Waals surface area contributed by atoms with E-state index in [0.29, 0.717) is 16.3 Å². The normalized spacial score (nSPS) is 17.6. The number of aliphatic hydroxyl groups excluding tert-OH is 1. The van der Waals surface area contributed by atoms with Crippen LogP contribution in [-0.2, 0) is 9.59 Å². The van der Waals surface area contributed by atoms with Gasteiger partial charge in [0.05, 0.1) is 24.3 Å². The molecule has 1 aromatic heterocycles. The van der Waals surface area contributed by atoms with Crippen molar-refractivity contribution in [2.24, 2.45) is 0 Å². The first-order chi connectivity index (χ1) is 15.3. The number of rotatable bonds is 4. The van der Waals surface area contributed by atoms with Crippen LogP contribution in [0.15, 0.2) is 66.5 Å². The number of ether oxygens (including phenoxy) is 1. The zero-order valence-electron chi connectivity index (χ0n) is 17.2. The Balaban J connectivity index is 1.98. The molecular formula is C24H18ClFN2O4. The van der Waals surface area contributed by atoms with E-state index in [0.717, 1.165) is 11.6 Å². The molecule has 1 aliphatic heterocycles. The molecule has 8 heteroatoms. The van der Waals surface area contributed by atoms with Gasteiger partial charge < -0.3 is 9.84 Å². The number of Topliss-reactive ketones (excluding diaryl/α,β-unsaturated/α-hetero) is 1. The van der Waals surface area contributed by atoms with Crippen molar-refractivity contribution in [2.75, 3.05) is 12.0 Å². The molecule has 3 aromatic rings. The van der Waals surface area contributed by atoms with Gasteiger partial charge in [-0.3, -0.25) is 19.5 Å². The molecule has 0 spiro atoms. The number of nitrogens with zero attached hydrogens (tertiary/aromatic N) is 2. The average Bonchev–Trinajstić information content (AvgIpc) is 3.06. The summed E-state index contributed by atoms with van der Waals surface area (Å²) in [6.07, 6.45) is 3.03. The predicted octanol–water partition coefficient (Wildman–Crippen LogP) is 4.82. The fourth-order valence-corrected chi connectivity index (χ4v) is 3.88. The number of pyridine rings is 1. The Hall–Kier alpha value is -3.71. The highest BCUT2D eigenvalue weighted by Gasteiger charge is 2.47. The molecule has 0 bridgehead atoms. The summed E-state index contributed by atoms with van der Waals surface area (Å²) in [5.41, 5.74) is 1.49. The van der Waals surface area contributed by atoms with E-state index in [1.807, 2.05) is 6.92 Å². The summed E-state index contributed by atoms with van der Waals surface area (Å²) in [5.74, 6) is -2.77. The minimum absolute atomic E-state index is 0.0357. The molecule has 0 saturated carbocycles. The van der Waals surface area contributed by atoms with E-state index in [1.54, 1.807) is 30.3 Å². The Morgan fingerprint density at radius 3 is 2.50 bits per heavy atom. The number of carbonyl (C=O) groups is 2. The van der Waals surface area contributed by atoms with Gasteiger partial charge in [0.2, 0.25) is 0 Å². The summed E-state index contributed by atoms with van der Waals surface area (Å²) in [6.45, 7) is 1.82. The molecule has 1 N–H and O–H groups in total. The number of aromatic nitrogens is 1. The van der Waals surface area contributed by atoms with Crippen LogP contribution in [0, 0.1) is 12.7 Å². The molecule has 0 radical (unpaired) electrons. The Kier molecular flexibility index (Phi) is 5.67. The van der Waals surface area contributed by atoms with Gasteiger partial charge in [0, 0.05) is 23.1 Å². The number of hydrogen-bond acceptors (Lipinski definition) is 5. The summed E-state index contributed by atoms with van der Waals surface area (Å²) in [5, 5.41) is 11.6. The lowest BCUT2D eigenvalue weighted by Crippen LogP contribution is -2.29. The van der Waals surface area contributed by atoms with Crippen molar-refractivity contribution in [1.82, 2.24) is 4.98 Å². The molecule has 4 rings (SSSR count). The maximum absolute atomic E-state index is 14.0. The smallest absolute Gasteiger partial charge is 0.300 e. The second-order valence-corrected chi connectivity index (χ2v) is 7.63. The van der Waals surface area contributed by atoms with Crippen LogP contribution < -0.4 is 9.64 Å². The van der Waals surface area contributed by atoms with Crippen molar-refractivity contribution in [1.29, 1.82) is 0 Å². The number of amides is 1. The third-order valence-electron chi connectivity index (χ3n) is 5.32. The summed E-state index contributed by atoms with van der Waals surface area (Å²) in [4.78, 5) is 31.5. The summed E-state index contributed by atoms with van der Waals surface area (Å²) >= 11 is 6.27. The van der Waals surface area contributed by atoms with Crippen LogP contribution in [0.3, 0.4) is 0 Å². The fourth-order valence-electron chi connectivity index (χ4n) is 3.70. The molecule has 32 heavy (non-hydrogen) atoms. The van der Waals surface area contributed by atoms with E-state index < -0.39 is 29.3 Å². The van der Waals surface area contributed by atoms with Crippen molar-refractivity contribution >= 4 is 34.7 Å². The first-order valence-electron chi connectivity index (χ1n) is 9.64. The zero-order chi connectivity index (χ0) is 23.0. The molecule has 1 fully saturated rings. The van der Waals surface area contributed by atoms with Crippen molar-refractivity contribution < 1.29 is 23.8 Å². The van der Waals surface area contributed by atoms with E-state index >= 15 is 0 Å². The lowest BCUT2D eigenvalue weighted by atomic mass is 9.95. The molecule has 1 unspecified atom stereocenters. The lowest BCUT2D eigenvalue weighted by Gasteiger charge is -2.25. The minimum Gasteiger partial charge on any atom is -0.507 e. The van der Waals surface area contributed by atoms with Gasteiger partial charge in [-0.15, -0.1) is 0 Å². The van der Waals surface area contributed by atoms with Crippen LogP contribution >= 0.6 is 11.6 Å². The van der Waals surface area contributed by atoms with E-state index in [-0.39, 0.29) is 16.9 Å². The van der Waals surface area contributed by atoms with Crippen molar-refractivity contribution in [3.05, 3.63) is 94.0 Å². The van der Waals surface area contributed by atoms with Crippen LogP contribution in [0.1, 0.15) is 22.7 Å². The molecular weight excluding hydrogens is 435 g/mol. The molecule has 1 saturated heterocycles. The Morgan fingerprint density at radius 2 is 1.84 bits per heavy atom. The minimum atomic E-state index is -0.982. The van der Waals surface area contributed by atoms with Gasteiger partial charge in [-0.25, -0.2) is 4.39 Å². The number of ketones is 1. The summed E-state index contributed by atoms with van der Waals surface area (Å²) in [6, 6.07) is 10.8. The number of aliphatic hydroxyl groups is 1. The topological polar surface area (TPSA) is 79.7 Å². The largest absolute Gasteiger partial charge is 0.507 e. The number of aryl methyl sites for hydroxylation is 1. The van der Waals surface area contributed by atoms with Crippen LogP contribution in [-0.4, -0.2) is 28.9 Å². The summed E-state index contributed by atoms with van der Waals surface area (Å²) in [7, 11) is 1.36. The number of anilines is 1. The van der Waals surface area contributed by atoms with Crippen molar-refractivity contribution in [3.8, 4) is 5.75 Å². The average molecular weight is 453 g/mol. The van der Waals surface area contributed by atoms with Gasteiger partial charge in [0.1, 0.15) is 17.3 Å². The number of methoxy groups -OCH3 is 1. The van der Waals surface area contributed by atoms with Gasteiger partial charge >= 0.3 is 0 Å². The predicted molar refractivity (Wildman–Crippen MR) is 118 cm³/mol. The maximum Gasteiger partial charge on any atom is 0.300 e. The molecule has 1 aliphatic rings. The van der Waals surface area contributed by atoms with Gasteiger partial charge in [0.15, 0.2) is 0 Å². The standard InChI is InChI=1S/C24H18ClFN2O4/c1-13-3-5-16(12-18(13)25)28-21(14-7-9-27-10-8-14)20(23(30)24(28)31)22(29)17-11-15(26)4-6-19(17)32-2/h3-12,21,29H,1-2H3/b22-20+. The Bertz CT molecular complexity index is 1260. The lowest BCUT2D eigenvalue weighted by molar-refractivity contribution is -0.132. The SMILES string of the molecule is COc1ccc(F)cc1/C(O)=C1\C(=O)C(=O)N(c2ccc(C)c(Cl)c2)C1c1ccncc1. The van der Waals surface area contributed by atoms with Gasteiger partial charge in [0.25, 0.3) is 11.7 Å². The highest BCUT2D eigenvalue weighted by atomic mass is 35.5. The van der Waals surface area contributed by atoms with Crippen molar-refractivity contribution in [3.63, 3.8) is 0 Å². The van der Waals surface area contributed by atoms with Gasteiger partial charge in [-0.05, 0) is 60.5 Å². The molecule has 162 valence electrons. The molecule has 1 atom stereocenters. The van der Waals surface area contributed by atoms with Crippen LogP contribution in [0.5, 0.6) is 5.75 Å². The van der Waals surface area contributed by atoms with Gasteiger partial charge in [-0.1, -0.05) is 17.7 Å². The van der Waals surface area contributed by atoms with E-state index in [1.165, 1.54) is 36.5 Å². The molecule has 6 nitrogen and oxygen atoms in total. The molecule has 1 amide bonds. The Morgan fingerprint density at radius 1 is 1.12 bits per heavy atom. The first kappa shape index (κ1) is 21.5. The van der Waals surface area contributed by atoms with Crippen LogP contribution in [0.4, 0.5) is 10.1 Å². The molecule has 2 aromatic carbocycles. The molecule has 0 aliphatic carbocycles. The fraction of sp³-hybridized carbons (Fsp3) is 0.125. The second kappa shape index (κ2) is 8.43. The Labute approximate surface area is 188 Å². The second-order valence-electron chi connectivity index (χ2n) is 7.23. The molecule has 2 heterocycles. The van der Waals surface area contributed by atoms with E-state index in [9.17, 15) is 19.1 Å². The quantitative estimate of drug-likeness (QED) is 0.349. The van der Waals surface area contributed by atoms with Gasteiger partial charge in [-0.2, -0.15) is 0 Å². The monoisotopic (exact) mass is 452 g/mol. The number of carbonyl (C=O) groups excluding carboxylic acids is 2. The third kappa shape index (κ3) is 3.61. The summed E-state index contributed by atoms with van der Waals surface area (Å²) < 4.78 is 19.2. The number of hydrogen-bond donors (Lipinski definition) is 1.